The number of hydrogen-bond donors (Lipinski definition) is 0. The average Bonchev–Trinajstić information content (AvgIpc) is 3.37. The van der Waals surface area contributed by atoms with Gasteiger partial charge in [-0.2, -0.15) is 0 Å². The Kier molecular flexibility index (Phi) is 7.14. The molecule has 0 spiro atoms. The molecule has 0 fully saturated rings. The molecule has 0 saturated heterocycles. The molecule has 0 radical (unpaired) electrons. The summed E-state index contributed by atoms with van der Waals surface area (Å²) in [6, 6.07) is 29.2. The zero-order valence-corrected chi connectivity index (χ0v) is 19.4. The number of halogens is 2. The van der Waals surface area contributed by atoms with Crippen molar-refractivity contribution in [3.05, 3.63) is 118 Å². The number of allylic oxidation sites excluding steroid dienone is 4. The van der Waals surface area contributed by atoms with Crippen molar-refractivity contribution in [2.24, 2.45) is 0 Å². The van der Waals surface area contributed by atoms with Crippen molar-refractivity contribution in [3.63, 3.8) is 0 Å². The van der Waals surface area contributed by atoms with Gasteiger partial charge in [-0.25, -0.2) is 0 Å². The van der Waals surface area contributed by atoms with E-state index in [1.807, 2.05) is 0 Å². The fourth-order valence-corrected chi connectivity index (χ4v) is 10.1. The minimum Gasteiger partial charge on any atom is -1.00 e. The molecule has 0 unspecified atom stereocenters. The summed E-state index contributed by atoms with van der Waals surface area (Å²) >= 11 is -1.78. The molecule has 2 aliphatic carbocycles. The summed E-state index contributed by atoms with van der Waals surface area (Å²) < 4.78 is 3.86. The smallest absolute Gasteiger partial charge is 1.00 e. The molecular weight excluding hydrogens is 431 g/mol. The summed E-state index contributed by atoms with van der Waals surface area (Å²) in [5.74, 6) is 0. The Morgan fingerprint density at radius 3 is 1.86 bits per heavy atom. The third-order valence-corrected chi connectivity index (χ3v) is 11.1. The van der Waals surface area contributed by atoms with E-state index < -0.39 is 17.4 Å². The molecule has 0 heterocycles. The van der Waals surface area contributed by atoms with Crippen molar-refractivity contribution in [1.82, 2.24) is 0 Å². The summed E-state index contributed by atoms with van der Waals surface area (Å²) in [6.45, 7) is 2.40. The zero-order valence-electron chi connectivity index (χ0n) is 16.3. The predicted octanol–water partition coefficient (Wildman–Crippen LogP) is 0.467. The van der Waals surface area contributed by atoms with E-state index >= 15 is 0 Å². The van der Waals surface area contributed by atoms with Crippen LogP contribution in [0.2, 0.25) is 0 Å². The SMILES string of the molecule is C/[C](c1ccccc1)=[Ti+2](/[C]1=CC=CC1)[CH]1c2ccccc2-c2ccccc21.[Cl-].[Cl-]. The fraction of sp³-hybridized carbons (Fsp3) is 0.115. The van der Waals surface area contributed by atoms with Crippen LogP contribution in [0.4, 0.5) is 0 Å². The van der Waals surface area contributed by atoms with Crippen molar-refractivity contribution < 1.29 is 42.2 Å². The Hall–Kier alpha value is -1.70. The summed E-state index contributed by atoms with van der Waals surface area (Å²) in [4.78, 5) is 0. The van der Waals surface area contributed by atoms with Crippen LogP contribution in [0.3, 0.4) is 0 Å². The van der Waals surface area contributed by atoms with E-state index in [1.165, 1.54) is 27.8 Å². The van der Waals surface area contributed by atoms with E-state index in [4.69, 9.17) is 0 Å². The van der Waals surface area contributed by atoms with E-state index in [1.54, 1.807) is 7.69 Å². The first kappa shape index (κ1) is 22.0. The van der Waals surface area contributed by atoms with Crippen molar-refractivity contribution >= 4 is 3.81 Å². The van der Waals surface area contributed by atoms with Gasteiger partial charge in [-0.3, -0.25) is 0 Å². The second-order valence-corrected chi connectivity index (χ2v) is 11.7. The molecule has 0 aromatic heterocycles. The van der Waals surface area contributed by atoms with Crippen molar-refractivity contribution in [3.8, 4) is 11.1 Å². The van der Waals surface area contributed by atoms with Gasteiger partial charge in [-0.1, -0.05) is 0 Å². The Bertz CT molecular complexity index is 1060. The summed E-state index contributed by atoms with van der Waals surface area (Å²) in [5.41, 5.74) is 7.38. The fourth-order valence-electron chi connectivity index (χ4n) is 4.60. The van der Waals surface area contributed by atoms with E-state index in [0.29, 0.717) is 4.22 Å². The molecule has 29 heavy (non-hydrogen) atoms. The van der Waals surface area contributed by atoms with E-state index in [2.05, 4.69) is 104 Å². The predicted molar refractivity (Wildman–Crippen MR) is 112 cm³/mol. The first-order valence-electron chi connectivity index (χ1n) is 9.65. The van der Waals surface area contributed by atoms with Gasteiger partial charge in [-0.15, -0.1) is 0 Å². The second kappa shape index (κ2) is 9.41. The molecule has 3 heteroatoms. The molecule has 0 amide bonds. The van der Waals surface area contributed by atoms with Gasteiger partial charge < -0.3 is 24.8 Å². The molecule has 144 valence electrons. The quantitative estimate of drug-likeness (QED) is 0.506. The molecule has 0 N–H and O–H groups in total. The Balaban J connectivity index is 0.00000120. The minimum atomic E-state index is -1.78. The van der Waals surface area contributed by atoms with E-state index in [-0.39, 0.29) is 24.8 Å². The van der Waals surface area contributed by atoms with Crippen LogP contribution < -0.4 is 24.8 Å². The zero-order chi connectivity index (χ0) is 18.2. The Labute approximate surface area is 191 Å². The van der Waals surface area contributed by atoms with Crippen LogP contribution in [0.5, 0.6) is 0 Å². The van der Waals surface area contributed by atoms with Gasteiger partial charge >= 0.3 is 168 Å². The molecule has 0 bridgehead atoms. The normalized spacial score (nSPS) is 14.2. The van der Waals surface area contributed by atoms with Crippen LogP contribution in [0.25, 0.3) is 11.1 Å². The van der Waals surface area contributed by atoms with Crippen LogP contribution in [0.1, 0.15) is 34.3 Å². The van der Waals surface area contributed by atoms with Gasteiger partial charge in [0.05, 0.1) is 0 Å². The first-order chi connectivity index (χ1) is 13.3. The molecule has 0 nitrogen and oxygen atoms in total. The van der Waals surface area contributed by atoms with Crippen LogP contribution in [-0.2, 0) is 17.4 Å². The monoisotopic (exact) mass is 452 g/mol. The average molecular weight is 453 g/mol. The molecule has 5 rings (SSSR count). The maximum Gasteiger partial charge on any atom is -1.00 e. The number of hydrogen-bond acceptors (Lipinski definition) is 0. The molecular formula is C26H22Cl2Ti. The second-order valence-electron chi connectivity index (χ2n) is 7.34. The van der Waals surface area contributed by atoms with Gasteiger partial charge in [-0.05, 0) is 0 Å². The summed E-state index contributed by atoms with van der Waals surface area (Å²) in [7, 11) is 0. The summed E-state index contributed by atoms with van der Waals surface area (Å²) in [6.07, 6.45) is 8.12. The summed E-state index contributed by atoms with van der Waals surface area (Å²) in [5, 5.41) is 0. The molecule has 3 aromatic rings. The van der Waals surface area contributed by atoms with Crippen LogP contribution in [0.15, 0.2) is 101 Å². The maximum absolute atomic E-state index is 2.41. The third kappa shape index (κ3) is 3.88. The van der Waals surface area contributed by atoms with Crippen LogP contribution in [-0.4, -0.2) is 3.81 Å². The van der Waals surface area contributed by atoms with Gasteiger partial charge in [0.15, 0.2) is 0 Å². The molecule has 2 aliphatic rings. The van der Waals surface area contributed by atoms with Crippen molar-refractivity contribution in [2.75, 3.05) is 0 Å². The number of rotatable bonds is 3. The van der Waals surface area contributed by atoms with Crippen LogP contribution >= 0.6 is 0 Å². The van der Waals surface area contributed by atoms with Gasteiger partial charge in [0.1, 0.15) is 0 Å². The van der Waals surface area contributed by atoms with Gasteiger partial charge in [0.2, 0.25) is 0 Å². The van der Waals surface area contributed by atoms with Crippen molar-refractivity contribution in [2.45, 2.75) is 17.6 Å². The van der Waals surface area contributed by atoms with Crippen molar-refractivity contribution in [1.29, 1.82) is 0 Å². The third-order valence-electron chi connectivity index (χ3n) is 5.85. The Morgan fingerprint density at radius 2 is 1.31 bits per heavy atom. The Morgan fingerprint density at radius 1 is 0.759 bits per heavy atom. The van der Waals surface area contributed by atoms with E-state index in [9.17, 15) is 0 Å². The first-order valence-corrected chi connectivity index (χ1v) is 12.1. The van der Waals surface area contributed by atoms with Crippen LogP contribution in [0, 0.1) is 0 Å². The van der Waals surface area contributed by atoms with E-state index in [0.717, 1.165) is 6.42 Å². The molecule has 3 aromatic carbocycles. The topological polar surface area (TPSA) is 0 Å². The van der Waals surface area contributed by atoms with Gasteiger partial charge in [0.25, 0.3) is 0 Å². The number of benzene rings is 3. The minimum absolute atomic E-state index is 0. The molecule has 0 saturated carbocycles. The molecule has 0 atom stereocenters. The number of fused-ring (bicyclic) bond motifs is 3. The largest absolute Gasteiger partial charge is 1.00 e. The molecule has 0 aliphatic heterocycles. The maximum atomic E-state index is 2.41. The standard InChI is InChI=1S/C13H9.C8H8.C5H5.2ClH.Ti/c1-3-7-12-10(5-1)9-11-6-2-4-8-13(11)12;1-2-8-6-4-3-5-7-8;1-2-4-5-3-1;;;/h1-9H;3-7H,1H3;1-3H,4H2;2*1H;/q;;;;;+2/p-2. The van der Waals surface area contributed by atoms with Gasteiger partial charge in [0, 0.05) is 0 Å².